The first-order valence-electron chi connectivity index (χ1n) is 8.52. The number of alkyl halides is 3. The van der Waals surface area contributed by atoms with Gasteiger partial charge in [0.2, 0.25) is 0 Å². The largest absolute Gasteiger partial charge is 0.497 e. The quantitative estimate of drug-likeness (QED) is 0.658. The van der Waals surface area contributed by atoms with Crippen LogP contribution in [0.4, 0.5) is 23.7 Å². The molecule has 0 spiro atoms. The number of rotatable bonds is 4. The molecule has 3 rings (SSSR count). The number of methoxy groups -OCH3 is 2. The number of hydrogen-bond donors (Lipinski definition) is 1. The number of nitrogens with zero attached hydrogens (tertiary/aromatic N) is 1. The zero-order chi connectivity index (χ0) is 21.2. The predicted molar refractivity (Wildman–Crippen MR) is 107 cm³/mol. The Balaban J connectivity index is 1.85. The molecule has 1 atom stereocenters. The molecule has 1 fully saturated rings. The van der Waals surface area contributed by atoms with Gasteiger partial charge in [0.15, 0.2) is 0 Å². The number of ether oxygens (including phenoxy) is 2. The molecule has 0 radical (unpaired) electrons. The van der Waals surface area contributed by atoms with Gasteiger partial charge >= 0.3 is 12.2 Å². The molecule has 2 amide bonds. The summed E-state index contributed by atoms with van der Waals surface area (Å²) in [5.41, 5.74) is -0.240. The summed E-state index contributed by atoms with van der Waals surface area (Å²) in [5, 5.41) is 1.74. The maximum absolute atomic E-state index is 13.1. The van der Waals surface area contributed by atoms with Gasteiger partial charge in [0, 0.05) is 23.5 Å². The van der Waals surface area contributed by atoms with Crippen LogP contribution in [0.25, 0.3) is 0 Å². The fourth-order valence-corrected chi connectivity index (χ4v) is 4.48. The molecule has 0 bridgehead atoms. The minimum Gasteiger partial charge on any atom is -0.497 e. The number of amides is 2. The van der Waals surface area contributed by atoms with E-state index in [1.165, 1.54) is 32.0 Å². The highest BCUT2D eigenvalue weighted by atomic mass is 35.5. The van der Waals surface area contributed by atoms with Gasteiger partial charge in [0.25, 0.3) is 0 Å². The lowest BCUT2D eigenvalue weighted by molar-refractivity contribution is -0.137. The first-order chi connectivity index (χ1) is 13.7. The normalized spacial score (nSPS) is 16.6. The van der Waals surface area contributed by atoms with Gasteiger partial charge in [-0.2, -0.15) is 13.2 Å². The molecule has 10 heteroatoms. The van der Waals surface area contributed by atoms with Crippen molar-refractivity contribution in [1.29, 1.82) is 0 Å². The molecule has 0 aliphatic carbocycles. The Morgan fingerprint density at radius 2 is 1.97 bits per heavy atom. The van der Waals surface area contributed by atoms with Crippen LogP contribution in [-0.2, 0) is 6.18 Å². The van der Waals surface area contributed by atoms with Gasteiger partial charge < -0.3 is 19.7 Å². The third kappa shape index (κ3) is 4.67. The van der Waals surface area contributed by atoms with E-state index in [0.29, 0.717) is 23.8 Å². The number of carbonyl (C=O) groups excluding carboxylic acids is 1. The van der Waals surface area contributed by atoms with Crippen molar-refractivity contribution in [1.82, 2.24) is 4.90 Å². The number of hydrogen-bond acceptors (Lipinski definition) is 4. The van der Waals surface area contributed by atoms with Gasteiger partial charge in [-0.25, -0.2) is 4.79 Å². The van der Waals surface area contributed by atoms with E-state index in [9.17, 15) is 18.0 Å². The molecular weight excluding hydrogens is 429 g/mol. The van der Waals surface area contributed by atoms with Crippen molar-refractivity contribution in [3.05, 3.63) is 52.5 Å². The Kier molecular flexibility index (Phi) is 6.38. The maximum Gasteiger partial charge on any atom is 0.417 e. The van der Waals surface area contributed by atoms with Crippen molar-refractivity contribution in [3.8, 4) is 11.5 Å². The van der Waals surface area contributed by atoms with E-state index in [1.807, 2.05) is 0 Å². The number of urea groups is 1. The third-order valence-electron chi connectivity index (χ3n) is 4.38. The lowest BCUT2D eigenvalue weighted by Gasteiger charge is -2.26. The Bertz CT molecular complexity index is 911. The second-order valence-corrected chi connectivity index (χ2v) is 7.74. The number of thioether (sulfide) groups is 1. The second-order valence-electron chi connectivity index (χ2n) is 6.15. The molecule has 5 nitrogen and oxygen atoms in total. The van der Waals surface area contributed by atoms with Crippen molar-refractivity contribution < 1.29 is 27.4 Å². The van der Waals surface area contributed by atoms with Crippen molar-refractivity contribution in [2.24, 2.45) is 0 Å². The summed E-state index contributed by atoms with van der Waals surface area (Å²) in [4.78, 5) is 14.4. The van der Waals surface area contributed by atoms with E-state index in [4.69, 9.17) is 21.1 Å². The highest BCUT2D eigenvalue weighted by Crippen LogP contribution is 2.43. The lowest BCUT2D eigenvalue weighted by Crippen LogP contribution is -2.34. The highest BCUT2D eigenvalue weighted by molar-refractivity contribution is 7.99. The number of carbonyl (C=O) groups is 1. The van der Waals surface area contributed by atoms with Crippen LogP contribution in [0.15, 0.2) is 36.4 Å². The average Bonchev–Trinajstić information content (AvgIpc) is 3.18. The molecule has 1 heterocycles. The van der Waals surface area contributed by atoms with Gasteiger partial charge in [0.05, 0.1) is 24.8 Å². The SMILES string of the molecule is COc1ccc(OC)c(C2SCCN2C(=O)Nc2ccc(Cl)c(C(F)(F)F)c2)c1. The fraction of sp³-hybridized carbons (Fsp3) is 0.316. The summed E-state index contributed by atoms with van der Waals surface area (Å²) in [6.45, 7) is 0.432. The van der Waals surface area contributed by atoms with Gasteiger partial charge in [-0.3, -0.25) is 0 Å². The van der Waals surface area contributed by atoms with E-state index in [0.717, 1.165) is 17.7 Å². The average molecular weight is 447 g/mol. The molecule has 1 aliphatic heterocycles. The van der Waals surface area contributed by atoms with Crippen molar-refractivity contribution in [2.75, 3.05) is 31.8 Å². The van der Waals surface area contributed by atoms with Crippen molar-refractivity contribution in [2.45, 2.75) is 11.6 Å². The van der Waals surface area contributed by atoms with E-state index in [-0.39, 0.29) is 11.1 Å². The second kappa shape index (κ2) is 8.62. The van der Waals surface area contributed by atoms with Crippen LogP contribution in [-0.4, -0.2) is 37.4 Å². The summed E-state index contributed by atoms with van der Waals surface area (Å²) >= 11 is 7.17. The van der Waals surface area contributed by atoms with Crippen LogP contribution >= 0.6 is 23.4 Å². The summed E-state index contributed by atoms with van der Waals surface area (Å²) in [6.07, 6.45) is -4.61. The summed E-state index contributed by atoms with van der Waals surface area (Å²) < 4.78 is 49.9. The monoisotopic (exact) mass is 446 g/mol. The third-order valence-corrected chi connectivity index (χ3v) is 5.95. The molecule has 0 saturated carbocycles. The van der Waals surface area contributed by atoms with Crippen LogP contribution < -0.4 is 14.8 Å². The molecule has 29 heavy (non-hydrogen) atoms. The van der Waals surface area contributed by atoms with Gasteiger partial charge in [-0.05, 0) is 36.4 Å². The summed E-state index contributed by atoms with van der Waals surface area (Å²) in [5.74, 6) is 1.88. The summed E-state index contributed by atoms with van der Waals surface area (Å²) in [6, 6.07) is 8.04. The molecular formula is C19H18ClF3N2O3S. The van der Waals surface area contributed by atoms with Gasteiger partial charge in [-0.15, -0.1) is 11.8 Å². The van der Waals surface area contributed by atoms with Crippen LogP contribution in [0.3, 0.4) is 0 Å². The fourth-order valence-electron chi connectivity index (χ4n) is 2.98. The summed E-state index contributed by atoms with van der Waals surface area (Å²) in [7, 11) is 3.07. The predicted octanol–water partition coefficient (Wildman–Crippen LogP) is 5.66. The van der Waals surface area contributed by atoms with Crippen LogP contribution in [0.2, 0.25) is 5.02 Å². The Morgan fingerprint density at radius 3 is 2.62 bits per heavy atom. The molecule has 2 aromatic carbocycles. The van der Waals surface area contributed by atoms with Crippen LogP contribution in [0.5, 0.6) is 11.5 Å². The number of anilines is 1. The zero-order valence-corrected chi connectivity index (χ0v) is 17.1. The van der Waals surface area contributed by atoms with Crippen molar-refractivity contribution >= 4 is 35.1 Å². The first kappa shape index (κ1) is 21.4. The van der Waals surface area contributed by atoms with Gasteiger partial charge in [-0.1, -0.05) is 11.6 Å². The number of benzene rings is 2. The standard InChI is InChI=1S/C19H18ClF3N2O3S/c1-27-12-4-6-16(28-2)13(10-12)17-25(7-8-29-17)18(26)24-11-3-5-15(20)14(9-11)19(21,22)23/h3-6,9-10,17H,7-8H2,1-2H3,(H,24,26). The molecule has 2 aromatic rings. The van der Waals surface area contributed by atoms with Crippen molar-refractivity contribution in [3.63, 3.8) is 0 Å². The molecule has 1 N–H and O–H groups in total. The molecule has 1 unspecified atom stereocenters. The zero-order valence-electron chi connectivity index (χ0n) is 15.5. The Hall–Kier alpha value is -2.26. The maximum atomic E-state index is 13.1. The first-order valence-corrected chi connectivity index (χ1v) is 9.95. The number of halogens is 4. The van der Waals surface area contributed by atoms with Crippen LogP contribution in [0, 0.1) is 0 Å². The van der Waals surface area contributed by atoms with E-state index in [1.54, 1.807) is 23.1 Å². The number of nitrogens with one attached hydrogen (secondary N) is 1. The molecule has 1 aliphatic rings. The molecule has 156 valence electrons. The molecule has 1 saturated heterocycles. The molecule has 0 aromatic heterocycles. The van der Waals surface area contributed by atoms with E-state index < -0.39 is 22.8 Å². The smallest absolute Gasteiger partial charge is 0.417 e. The highest BCUT2D eigenvalue weighted by Gasteiger charge is 2.35. The van der Waals surface area contributed by atoms with Gasteiger partial charge in [0.1, 0.15) is 16.9 Å². The lowest BCUT2D eigenvalue weighted by atomic mass is 10.1. The Labute approximate surface area is 175 Å². The van der Waals surface area contributed by atoms with E-state index >= 15 is 0 Å². The minimum absolute atomic E-state index is 0.0139. The topological polar surface area (TPSA) is 50.8 Å². The Morgan fingerprint density at radius 1 is 1.21 bits per heavy atom. The van der Waals surface area contributed by atoms with Crippen LogP contribution in [0.1, 0.15) is 16.5 Å². The van der Waals surface area contributed by atoms with E-state index in [2.05, 4.69) is 5.32 Å². The minimum atomic E-state index is -4.61.